The zero-order valence-corrected chi connectivity index (χ0v) is 15.4. The normalized spacial score (nSPS) is 14.1. The van der Waals surface area contributed by atoms with Gasteiger partial charge in [-0.05, 0) is 49.8 Å². The summed E-state index contributed by atoms with van der Waals surface area (Å²) in [5.74, 6) is 1.13. The number of fused-ring (bicyclic) bond motifs is 1. The Bertz CT molecular complexity index is 880. The summed E-state index contributed by atoms with van der Waals surface area (Å²) in [5, 5.41) is 0. The summed E-state index contributed by atoms with van der Waals surface area (Å²) in [7, 11) is 1.59. The number of benzene rings is 2. The molecule has 0 atom stereocenters. The standard InChI is InChI=1S/C21H20O6/c1-13(2)26-20(22)12-25-16-8-9-17-18(11-16)27-19(21(17)23)10-14-4-6-15(24-3)7-5-14/h4-11,13H,12H2,1-3H3. The average molecular weight is 368 g/mol. The van der Waals surface area contributed by atoms with Crippen molar-refractivity contribution in [3.8, 4) is 17.2 Å². The molecular weight excluding hydrogens is 348 g/mol. The van der Waals surface area contributed by atoms with E-state index in [1.165, 1.54) is 0 Å². The maximum atomic E-state index is 12.5. The molecule has 2 aromatic carbocycles. The molecule has 6 nitrogen and oxygen atoms in total. The summed E-state index contributed by atoms with van der Waals surface area (Å²) >= 11 is 0. The number of allylic oxidation sites excluding steroid dienone is 1. The Morgan fingerprint density at radius 3 is 2.48 bits per heavy atom. The molecule has 27 heavy (non-hydrogen) atoms. The van der Waals surface area contributed by atoms with Crippen molar-refractivity contribution in [2.75, 3.05) is 13.7 Å². The first kappa shape index (κ1) is 18.5. The lowest BCUT2D eigenvalue weighted by Crippen LogP contribution is -2.18. The van der Waals surface area contributed by atoms with Gasteiger partial charge in [-0.2, -0.15) is 0 Å². The number of carbonyl (C=O) groups is 2. The van der Waals surface area contributed by atoms with Gasteiger partial charge < -0.3 is 18.9 Å². The highest BCUT2D eigenvalue weighted by atomic mass is 16.6. The quantitative estimate of drug-likeness (QED) is 0.573. The molecule has 140 valence electrons. The number of ether oxygens (including phenoxy) is 4. The minimum atomic E-state index is -0.456. The van der Waals surface area contributed by atoms with Gasteiger partial charge in [0.15, 0.2) is 12.4 Å². The van der Waals surface area contributed by atoms with Crippen LogP contribution in [0, 0.1) is 0 Å². The highest BCUT2D eigenvalue weighted by molar-refractivity contribution is 6.14. The fourth-order valence-corrected chi connectivity index (χ4v) is 2.55. The van der Waals surface area contributed by atoms with Crippen molar-refractivity contribution in [3.05, 3.63) is 59.4 Å². The van der Waals surface area contributed by atoms with Crippen molar-refractivity contribution in [2.45, 2.75) is 20.0 Å². The minimum absolute atomic E-state index is 0.201. The van der Waals surface area contributed by atoms with Gasteiger partial charge >= 0.3 is 5.97 Å². The second-order valence-electron chi connectivity index (χ2n) is 6.20. The molecule has 0 amide bonds. The Balaban J connectivity index is 1.71. The van der Waals surface area contributed by atoms with Crippen LogP contribution in [0.1, 0.15) is 29.8 Å². The highest BCUT2D eigenvalue weighted by Gasteiger charge is 2.27. The Morgan fingerprint density at radius 2 is 1.81 bits per heavy atom. The maximum absolute atomic E-state index is 12.5. The number of ketones is 1. The van der Waals surface area contributed by atoms with E-state index < -0.39 is 5.97 Å². The van der Waals surface area contributed by atoms with Gasteiger partial charge in [0.2, 0.25) is 5.78 Å². The zero-order valence-electron chi connectivity index (χ0n) is 15.4. The van der Waals surface area contributed by atoms with Crippen LogP contribution in [0.15, 0.2) is 48.2 Å². The van der Waals surface area contributed by atoms with Crippen LogP contribution in [0.4, 0.5) is 0 Å². The van der Waals surface area contributed by atoms with Gasteiger partial charge in [0, 0.05) is 6.07 Å². The molecule has 0 unspecified atom stereocenters. The molecule has 3 rings (SSSR count). The number of hydrogen-bond donors (Lipinski definition) is 0. The van der Waals surface area contributed by atoms with Gasteiger partial charge in [-0.25, -0.2) is 4.79 Å². The van der Waals surface area contributed by atoms with Crippen molar-refractivity contribution in [1.29, 1.82) is 0 Å². The number of hydrogen-bond acceptors (Lipinski definition) is 6. The topological polar surface area (TPSA) is 71.1 Å². The van der Waals surface area contributed by atoms with Gasteiger partial charge in [-0.15, -0.1) is 0 Å². The molecule has 6 heteroatoms. The summed E-state index contributed by atoms with van der Waals surface area (Å²) in [6.45, 7) is 3.33. The van der Waals surface area contributed by atoms with E-state index in [1.54, 1.807) is 57.4 Å². The van der Waals surface area contributed by atoms with E-state index in [0.29, 0.717) is 17.1 Å². The number of carbonyl (C=O) groups excluding carboxylic acids is 2. The molecule has 0 saturated carbocycles. The third-order valence-electron chi connectivity index (χ3n) is 3.78. The van der Waals surface area contributed by atoms with Crippen LogP contribution in [-0.2, 0) is 9.53 Å². The third kappa shape index (κ3) is 4.47. The smallest absolute Gasteiger partial charge is 0.344 e. The van der Waals surface area contributed by atoms with Crippen molar-refractivity contribution in [2.24, 2.45) is 0 Å². The van der Waals surface area contributed by atoms with E-state index in [4.69, 9.17) is 18.9 Å². The van der Waals surface area contributed by atoms with Crippen LogP contribution in [0.3, 0.4) is 0 Å². The average Bonchev–Trinajstić information content (AvgIpc) is 2.95. The van der Waals surface area contributed by atoms with Crippen LogP contribution < -0.4 is 14.2 Å². The maximum Gasteiger partial charge on any atom is 0.344 e. The molecule has 2 aromatic rings. The third-order valence-corrected chi connectivity index (χ3v) is 3.78. The lowest BCUT2D eigenvalue weighted by atomic mass is 10.1. The van der Waals surface area contributed by atoms with E-state index in [2.05, 4.69) is 0 Å². The van der Waals surface area contributed by atoms with Crippen molar-refractivity contribution >= 4 is 17.8 Å². The molecule has 1 heterocycles. The Hall–Kier alpha value is -3.28. The SMILES string of the molecule is COc1ccc(C=C2Oc3cc(OCC(=O)OC(C)C)ccc3C2=O)cc1. The predicted molar refractivity (Wildman–Crippen MR) is 99.1 cm³/mol. The van der Waals surface area contributed by atoms with Crippen LogP contribution >= 0.6 is 0 Å². The van der Waals surface area contributed by atoms with E-state index >= 15 is 0 Å². The van der Waals surface area contributed by atoms with Crippen molar-refractivity contribution < 1.29 is 28.5 Å². The van der Waals surface area contributed by atoms with Gasteiger partial charge in [0.05, 0.1) is 18.8 Å². The summed E-state index contributed by atoms with van der Waals surface area (Å²) in [5.41, 5.74) is 1.27. The van der Waals surface area contributed by atoms with E-state index in [-0.39, 0.29) is 24.3 Å². The Kier molecular flexibility index (Phi) is 5.45. The summed E-state index contributed by atoms with van der Waals surface area (Å²) in [6.07, 6.45) is 1.47. The fraction of sp³-hybridized carbons (Fsp3) is 0.238. The Labute approximate surface area is 157 Å². The van der Waals surface area contributed by atoms with E-state index in [0.717, 1.165) is 11.3 Å². The number of rotatable bonds is 6. The second kappa shape index (κ2) is 7.95. The van der Waals surface area contributed by atoms with Crippen LogP contribution in [0.5, 0.6) is 17.2 Å². The summed E-state index contributed by atoms with van der Waals surface area (Å²) in [4.78, 5) is 24.1. The van der Waals surface area contributed by atoms with Crippen LogP contribution in [0.25, 0.3) is 6.08 Å². The van der Waals surface area contributed by atoms with Gasteiger partial charge in [0.1, 0.15) is 17.2 Å². The van der Waals surface area contributed by atoms with Gasteiger partial charge in [-0.1, -0.05) is 12.1 Å². The predicted octanol–water partition coefficient (Wildman–Crippen LogP) is 3.64. The Morgan fingerprint density at radius 1 is 1.11 bits per heavy atom. The largest absolute Gasteiger partial charge is 0.497 e. The number of esters is 1. The highest BCUT2D eigenvalue weighted by Crippen LogP contribution is 2.35. The lowest BCUT2D eigenvalue weighted by Gasteiger charge is -2.09. The lowest BCUT2D eigenvalue weighted by molar-refractivity contribution is -0.149. The van der Waals surface area contributed by atoms with Gasteiger partial charge in [-0.3, -0.25) is 4.79 Å². The number of methoxy groups -OCH3 is 1. The molecule has 0 aromatic heterocycles. The molecule has 0 bridgehead atoms. The molecule has 0 radical (unpaired) electrons. The molecular formula is C21H20O6. The molecule has 0 saturated heterocycles. The van der Waals surface area contributed by atoms with E-state index in [9.17, 15) is 9.59 Å². The summed E-state index contributed by atoms with van der Waals surface area (Å²) < 4.78 is 21.2. The zero-order chi connectivity index (χ0) is 19.4. The van der Waals surface area contributed by atoms with Crippen molar-refractivity contribution in [1.82, 2.24) is 0 Å². The molecule has 0 fully saturated rings. The van der Waals surface area contributed by atoms with E-state index in [1.807, 2.05) is 12.1 Å². The first-order chi connectivity index (χ1) is 13.0. The second-order valence-corrected chi connectivity index (χ2v) is 6.20. The van der Waals surface area contributed by atoms with Crippen LogP contribution in [-0.4, -0.2) is 31.6 Å². The molecule has 1 aliphatic rings. The first-order valence-corrected chi connectivity index (χ1v) is 8.51. The minimum Gasteiger partial charge on any atom is -0.497 e. The number of Topliss-reactive ketones (excluding diaryl/α,β-unsaturated/α-hetero) is 1. The molecule has 0 aliphatic carbocycles. The van der Waals surface area contributed by atoms with Gasteiger partial charge in [0.25, 0.3) is 0 Å². The van der Waals surface area contributed by atoms with Crippen molar-refractivity contribution in [3.63, 3.8) is 0 Å². The molecule has 1 aliphatic heterocycles. The monoisotopic (exact) mass is 368 g/mol. The van der Waals surface area contributed by atoms with Crippen LogP contribution in [0.2, 0.25) is 0 Å². The molecule has 0 N–H and O–H groups in total. The first-order valence-electron chi connectivity index (χ1n) is 8.51. The fourth-order valence-electron chi connectivity index (χ4n) is 2.55. The summed E-state index contributed by atoms with van der Waals surface area (Å²) in [6, 6.07) is 12.1. The molecule has 0 spiro atoms.